The normalized spacial score (nSPS) is 14.8. The summed E-state index contributed by atoms with van der Waals surface area (Å²) in [4.78, 5) is 15.8. The third kappa shape index (κ3) is 5.44. The molecule has 27 heavy (non-hydrogen) atoms. The third-order valence-electron chi connectivity index (χ3n) is 4.97. The number of amides is 1. The average Bonchev–Trinajstić information content (AvgIpc) is 2.70. The monoisotopic (exact) mass is 372 g/mol. The number of hydrogen-bond acceptors (Lipinski definition) is 3. The van der Waals surface area contributed by atoms with Crippen LogP contribution in [0.5, 0.6) is 5.75 Å². The lowest BCUT2D eigenvalue weighted by Crippen LogP contribution is -3.16. The van der Waals surface area contributed by atoms with Crippen LogP contribution in [0.3, 0.4) is 0 Å². The quantitative estimate of drug-likeness (QED) is 0.759. The van der Waals surface area contributed by atoms with E-state index < -0.39 is 0 Å². The highest BCUT2D eigenvalue weighted by molar-refractivity contribution is 5.76. The number of carbonyl (C=O) groups excluding carboxylic acids is 1. The number of carbonyl (C=O) groups is 1. The Kier molecular flexibility index (Phi) is 6.65. The van der Waals surface area contributed by atoms with Crippen LogP contribution in [0.1, 0.15) is 5.56 Å². The van der Waals surface area contributed by atoms with Crippen LogP contribution in [0.4, 0.5) is 10.1 Å². The highest BCUT2D eigenvalue weighted by atomic mass is 19.1. The number of piperazine rings is 1. The molecule has 5 nitrogen and oxygen atoms in total. The zero-order valence-electron chi connectivity index (χ0n) is 15.7. The van der Waals surface area contributed by atoms with Crippen LogP contribution in [0.25, 0.3) is 0 Å². The first kappa shape index (κ1) is 19.2. The molecule has 3 rings (SSSR count). The Morgan fingerprint density at radius 3 is 2.70 bits per heavy atom. The molecule has 6 heteroatoms. The van der Waals surface area contributed by atoms with Crippen LogP contribution in [0.2, 0.25) is 0 Å². The van der Waals surface area contributed by atoms with Crippen molar-refractivity contribution in [3.05, 3.63) is 59.9 Å². The zero-order valence-corrected chi connectivity index (χ0v) is 15.7. The fraction of sp³-hybridized carbons (Fsp3) is 0.381. The van der Waals surface area contributed by atoms with Gasteiger partial charge in [-0.3, -0.25) is 4.79 Å². The van der Waals surface area contributed by atoms with Crippen LogP contribution in [-0.2, 0) is 11.2 Å². The van der Waals surface area contributed by atoms with Crippen molar-refractivity contribution in [1.29, 1.82) is 0 Å². The topological polar surface area (TPSA) is 46.0 Å². The highest BCUT2D eigenvalue weighted by Gasteiger charge is 2.22. The summed E-state index contributed by atoms with van der Waals surface area (Å²) in [5.41, 5.74) is 1.79. The summed E-state index contributed by atoms with van der Waals surface area (Å²) in [5.74, 6) is 0.665. The minimum absolute atomic E-state index is 0.0242. The van der Waals surface area contributed by atoms with Gasteiger partial charge in [0.2, 0.25) is 0 Å². The van der Waals surface area contributed by atoms with Gasteiger partial charge >= 0.3 is 0 Å². The van der Waals surface area contributed by atoms with Gasteiger partial charge in [-0.1, -0.05) is 24.3 Å². The number of anilines is 1. The molecule has 0 saturated carbocycles. The van der Waals surface area contributed by atoms with Crippen LogP contribution >= 0.6 is 0 Å². The number of quaternary nitrogens is 1. The summed E-state index contributed by atoms with van der Waals surface area (Å²) in [6.07, 6.45) is 0.511. The second kappa shape index (κ2) is 9.37. The molecule has 2 aromatic carbocycles. The van der Waals surface area contributed by atoms with E-state index in [9.17, 15) is 9.18 Å². The van der Waals surface area contributed by atoms with Gasteiger partial charge in [-0.25, -0.2) is 4.39 Å². The summed E-state index contributed by atoms with van der Waals surface area (Å²) in [6.45, 7) is 4.57. The molecule has 0 unspecified atom stereocenters. The third-order valence-corrected chi connectivity index (χ3v) is 4.97. The minimum Gasteiger partial charge on any atom is -0.497 e. The van der Waals surface area contributed by atoms with Gasteiger partial charge in [0.05, 0.1) is 33.3 Å². The SMILES string of the molecule is COc1cccc(N2CC[NH+](CC(=O)NCCc3ccccc3F)CC2)c1. The van der Waals surface area contributed by atoms with Gasteiger partial charge in [0.15, 0.2) is 6.54 Å². The molecular formula is C21H27FN3O2+. The van der Waals surface area contributed by atoms with Crippen molar-refractivity contribution in [1.82, 2.24) is 5.32 Å². The van der Waals surface area contributed by atoms with E-state index in [2.05, 4.69) is 16.3 Å². The molecule has 144 valence electrons. The Morgan fingerprint density at radius 2 is 1.96 bits per heavy atom. The Labute approximate surface area is 159 Å². The van der Waals surface area contributed by atoms with E-state index in [1.807, 2.05) is 24.3 Å². The molecule has 2 aromatic rings. The number of nitrogens with zero attached hydrogens (tertiary/aromatic N) is 1. The second-order valence-electron chi connectivity index (χ2n) is 6.81. The van der Waals surface area contributed by atoms with E-state index in [0.29, 0.717) is 25.1 Å². The van der Waals surface area contributed by atoms with Crippen LogP contribution in [0, 0.1) is 5.82 Å². The van der Waals surface area contributed by atoms with Gasteiger partial charge in [0.25, 0.3) is 5.91 Å². The molecule has 1 aliphatic heterocycles. The first-order valence-corrected chi connectivity index (χ1v) is 9.38. The zero-order chi connectivity index (χ0) is 19.1. The Balaban J connectivity index is 1.39. The van der Waals surface area contributed by atoms with Crippen molar-refractivity contribution in [3.63, 3.8) is 0 Å². The van der Waals surface area contributed by atoms with Crippen molar-refractivity contribution in [3.8, 4) is 5.75 Å². The maximum absolute atomic E-state index is 13.6. The van der Waals surface area contributed by atoms with Gasteiger partial charge in [0.1, 0.15) is 11.6 Å². The van der Waals surface area contributed by atoms with Crippen molar-refractivity contribution >= 4 is 11.6 Å². The summed E-state index contributed by atoms with van der Waals surface area (Å²) in [5, 5.41) is 2.91. The molecule has 1 aliphatic rings. The number of benzene rings is 2. The van der Waals surface area contributed by atoms with Gasteiger partial charge in [-0.05, 0) is 30.2 Å². The summed E-state index contributed by atoms with van der Waals surface area (Å²) in [6, 6.07) is 14.8. The van der Waals surface area contributed by atoms with E-state index >= 15 is 0 Å². The first-order chi connectivity index (χ1) is 13.2. The van der Waals surface area contributed by atoms with Crippen molar-refractivity contribution < 1.29 is 18.8 Å². The number of rotatable bonds is 7. The molecule has 0 spiro atoms. The predicted molar refractivity (Wildman–Crippen MR) is 104 cm³/mol. The summed E-state index contributed by atoms with van der Waals surface area (Å²) in [7, 11) is 1.67. The van der Waals surface area contributed by atoms with Gasteiger partial charge in [-0.15, -0.1) is 0 Å². The van der Waals surface area contributed by atoms with Crippen LogP contribution in [0.15, 0.2) is 48.5 Å². The maximum Gasteiger partial charge on any atom is 0.275 e. The smallest absolute Gasteiger partial charge is 0.275 e. The van der Waals surface area contributed by atoms with Crippen molar-refractivity contribution in [2.75, 3.05) is 51.3 Å². The molecule has 0 aromatic heterocycles. The molecule has 0 atom stereocenters. The van der Waals surface area contributed by atoms with Gasteiger partial charge in [-0.2, -0.15) is 0 Å². The fourth-order valence-corrected chi connectivity index (χ4v) is 3.39. The first-order valence-electron chi connectivity index (χ1n) is 9.38. The largest absolute Gasteiger partial charge is 0.497 e. The number of methoxy groups -OCH3 is 1. The number of ether oxygens (including phenoxy) is 1. The van der Waals surface area contributed by atoms with Gasteiger partial charge in [0, 0.05) is 18.3 Å². The molecule has 1 heterocycles. The lowest BCUT2D eigenvalue weighted by atomic mass is 10.1. The lowest BCUT2D eigenvalue weighted by molar-refractivity contribution is -0.892. The molecular weight excluding hydrogens is 345 g/mol. The second-order valence-corrected chi connectivity index (χ2v) is 6.81. The maximum atomic E-state index is 13.6. The summed E-state index contributed by atoms with van der Waals surface area (Å²) >= 11 is 0. The molecule has 0 radical (unpaired) electrons. The van der Waals surface area contributed by atoms with E-state index in [0.717, 1.165) is 37.6 Å². The fourth-order valence-electron chi connectivity index (χ4n) is 3.39. The number of nitrogens with one attached hydrogen (secondary N) is 2. The van der Waals surface area contributed by atoms with Crippen LogP contribution in [-0.4, -0.2) is 52.3 Å². The standard InChI is InChI=1S/C21H26FN3O2/c1-27-19-7-4-6-18(15-19)25-13-11-24(12-14-25)16-21(26)23-10-9-17-5-2-3-8-20(17)22/h2-8,15H,9-14,16H2,1H3,(H,23,26)/p+1. The van der Waals surface area contributed by atoms with E-state index in [1.165, 1.54) is 11.0 Å². The minimum atomic E-state index is -0.217. The summed E-state index contributed by atoms with van der Waals surface area (Å²) < 4.78 is 18.9. The van der Waals surface area contributed by atoms with Crippen molar-refractivity contribution in [2.24, 2.45) is 0 Å². The Morgan fingerprint density at radius 1 is 1.19 bits per heavy atom. The van der Waals surface area contributed by atoms with E-state index in [4.69, 9.17) is 4.74 Å². The number of halogens is 1. The molecule has 2 N–H and O–H groups in total. The van der Waals surface area contributed by atoms with Crippen LogP contribution < -0.4 is 19.9 Å². The molecule has 1 fully saturated rings. The Bertz CT molecular complexity index is 761. The van der Waals surface area contributed by atoms with E-state index in [-0.39, 0.29) is 11.7 Å². The average molecular weight is 372 g/mol. The predicted octanol–water partition coefficient (Wildman–Crippen LogP) is 0.898. The van der Waals surface area contributed by atoms with E-state index in [1.54, 1.807) is 19.2 Å². The molecule has 0 aliphatic carbocycles. The van der Waals surface area contributed by atoms with Gasteiger partial charge < -0.3 is 19.9 Å². The Hall–Kier alpha value is -2.60. The molecule has 0 bridgehead atoms. The highest BCUT2D eigenvalue weighted by Crippen LogP contribution is 2.20. The van der Waals surface area contributed by atoms with Crippen molar-refractivity contribution in [2.45, 2.75) is 6.42 Å². The molecule has 1 amide bonds. The molecule has 1 saturated heterocycles. The lowest BCUT2D eigenvalue weighted by Gasteiger charge is -2.33. The number of hydrogen-bond donors (Lipinski definition) is 2.